The average molecular weight is 290 g/mol. The molecule has 0 heterocycles. The lowest BCUT2D eigenvalue weighted by Crippen LogP contribution is -2.27. The van der Waals surface area contributed by atoms with E-state index >= 15 is 0 Å². The molecule has 0 aliphatic heterocycles. The molecule has 2 nitrogen and oxygen atoms in total. The fraction of sp³-hybridized carbons (Fsp3) is 0.500. The SMILES string of the molecule is CC(C)CNC(CO)c1ccc(F)c(Br)c1. The Kier molecular flexibility index (Phi) is 5.38. The number of aliphatic hydroxyl groups excluding tert-OH is 1. The lowest BCUT2D eigenvalue weighted by atomic mass is 10.1. The summed E-state index contributed by atoms with van der Waals surface area (Å²) in [5, 5.41) is 12.5. The van der Waals surface area contributed by atoms with Crippen LogP contribution in [0.4, 0.5) is 4.39 Å². The summed E-state index contributed by atoms with van der Waals surface area (Å²) in [6, 6.07) is 4.65. The molecule has 0 amide bonds. The molecular weight excluding hydrogens is 273 g/mol. The fourth-order valence-electron chi connectivity index (χ4n) is 1.39. The average Bonchev–Trinajstić information content (AvgIpc) is 2.23. The number of rotatable bonds is 5. The molecule has 1 aromatic rings. The summed E-state index contributed by atoms with van der Waals surface area (Å²) in [6.07, 6.45) is 0. The van der Waals surface area contributed by atoms with Crippen molar-refractivity contribution >= 4 is 15.9 Å². The van der Waals surface area contributed by atoms with Crippen molar-refractivity contribution in [2.75, 3.05) is 13.2 Å². The maximum absolute atomic E-state index is 13.1. The van der Waals surface area contributed by atoms with Crippen LogP contribution in [0.2, 0.25) is 0 Å². The molecule has 16 heavy (non-hydrogen) atoms. The molecule has 0 aromatic heterocycles. The van der Waals surface area contributed by atoms with Gasteiger partial charge in [0.25, 0.3) is 0 Å². The van der Waals surface area contributed by atoms with Gasteiger partial charge in [-0.1, -0.05) is 19.9 Å². The molecule has 0 bridgehead atoms. The highest BCUT2D eigenvalue weighted by atomic mass is 79.9. The van der Waals surface area contributed by atoms with E-state index in [0.29, 0.717) is 10.4 Å². The van der Waals surface area contributed by atoms with E-state index in [-0.39, 0.29) is 18.5 Å². The zero-order chi connectivity index (χ0) is 12.1. The van der Waals surface area contributed by atoms with Gasteiger partial charge in [0.1, 0.15) is 5.82 Å². The Balaban J connectivity index is 2.74. The first-order chi connectivity index (χ1) is 7.54. The minimum Gasteiger partial charge on any atom is -0.394 e. The highest BCUT2D eigenvalue weighted by Gasteiger charge is 2.11. The molecular formula is C12H17BrFNO. The molecule has 0 aliphatic rings. The number of aliphatic hydroxyl groups is 1. The highest BCUT2D eigenvalue weighted by Crippen LogP contribution is 2.21. The van der Waals surface area contributed by atoms with Crippen molar-refractivity contribution in [3.05, 3.63) is 34.1 Å². The van der Waals surface area contributed by atoms with Crippen molar-refractivity contribution in [3.8, 4) is 0 Å². The Morgan fingerprint density at radius 3 is 2.62 bits per heavy atom. The van der Waals surface area contributed by atoms with Crippen LogP contribution in [-0.2, 0) is 0 Å². The van der Waals surface area contributed by atoms with E-state index in [1.54, 1.807) is 12.1 Å². The topological polar surface area (TPSA) is 32.3 Å². The maximum Gasteiger partial charge on any atom is 0.137 e. The second-order valence-corrected chi connectivity index (χ2v) is 5.07. The van der Waals surface area contributed by atoms with E-state index in [9.17, 15) is 9.50 Å². The van der Waals surface area contributed by atoms with Crippen LogP contribution in [0, 0.1) is 11.7 Å². The van der Waals surface area contributed by atoms with Crippen molar-refractivity contribution in [2.45, 2.75) is 19.9 Å². The summed E-state index contributed by atoms with van der Waals surface area (Å²) in [7, 11) is 0. The predicted octanol–water partition coefficient (Wildman–Crippen LogP) is 2.87. The van der Waals surface area contributed by atoms with Crippen molar-refractivity contribution in [3.63, 3.8) is 0 Å². The van der Waals surface area contributed by atoms with E-state index < -0.39 is 0 Å². The third-order valence-electron chi connectivity index (χ3n) is 2.30. The van der Waals surface area contributed by atoms with Crippen LogP contribution < -0.4 is 5.32 Å². The lowest BCUT2D eigenvalue weighted by molar-refractivity contribution is 0.241. The van der Waals surface area contributed by atoms with E-state index in [0.717, 1.165) is 12.1 Å². The minimum absolute atomic E-state index is 0.00475. The fourth-order valence-corrected chi connectivity index (χ4v) is 1.79. The Hall–Kier alpha value is -0.450. The Bertz CT molecular complexity index is 344. The van der Waals surface area contributed by atoms with Crippen LogP contribution in [0.1, 0.15) is 25.5 Å². The third kappa shape index (κ3) is 3.85. The molecule has 1 atom stereocenters. The molecule has 0 spiro atoms. The van der Waals surface area contributed by atoms with E-state index in [2.05, 4.69) is 35.1 Å². The van der Waals surface area contributed by atoms with Gasteiger partial charge in [-0.05, 0) is 46.1 Å². The van der Waals surface area contributed by atoms with Gasteiger partial charge >= 0.3 is 0 Å². The summed E-state index contributed by atoms with van der Waals surface area (Å²) < 4.78 is 13.5. The molecule has 2 N–H and O–H groups in total. The number of nitrogens with one attached hydrogen (secondary N) is 1. The second-order valence-electron chi connectivity index (χ2n) is 4.21. The first kappa shape index (κ1) is 13.6. The van der Waals surface area contributed by atoms with Crippen molar-refractivity contribution in [1.82, 2.24) is 5.32 Å². The molecule has 4 heteroatoms. The second kappa shape index (κ2) is 6.33. The predicted molar refractivity (Wildman–Crippen MR) is 66.8 cm³/mol. The number of benzene rings is 1. The summed E-state index contributed by atoms with van der Waals surface area (Å²) >= 11 is 3.14. The van der Waals surface area contributed by atoms with Crippen LogP contribution in [0.25, 0.3) is 0 Å². The standard InChI is InChI=1S/C12H17BrFNO/c1-8(2)6-15-12(7-16)9-3-4-11(14)10(13)5-9/h3-5,8,12,15-16H,6-7H2,1-2H3. The molecule has 1 rings (SSSR count). The Labute approximate surface area is 104 Å². The minimum atomic E-state index is -0.288. The van der Waals surface area contributed by atoms with Gasteiger partial charge in [0.15, 0.2) is 0 Å². The van der Waals surface area contributed by atoms with Crippen LogP contribution in [-0.4, -0.2) is 18.3 Å². The monoisotopic (exact) mass is 289 g/mol. The van der Waals surface area contributed by atoms with E-state index in [1.165, 1.54) is 6.07 Å². The summed E-state index contributed by atoms with van der Waals surface area (Å²) in [6.45, 7) is 5.02. The zero-order valence-electron chi connectivity index (χ0n) is 9.50. The highest BCUT2D eigenvalue weighted by molar-refractivity contribution is 9.10. The summed E-state index contributed by atoms with van der Waals surface area (Å²) in [4.78, 5) is 0. The first-order valence-corrected chi connectivity index (χ1v) is 6.13. The lowest BCUT2D eigenvalue weighted by Gasteiger charge is -2.18. The van der Waals surface area contributed by atoms with Crippen LogP contribution in [0.5, 0.6) is 0 Å². The van der Waals surface area contributed by atoms with Crippen molar-refractivity contribution < 1.29 is 9.50 Å². The van der Waals surface area contributed by atoms with E-state index in [1.807, 2.05) is 0 Å². The normalized spacial score (nSPS) is 13.1. The molecule has 0 saturated carbocycles. The largest absolute Gasteiger partial charge is 0.394 e. The molecule has 1 unspecified atom stereocenters. The molecule has 0 fully saturated rings. The molecule has 0 radical (unpaired) electrons. The van der Waals surface area contributed by atoms with Gasteiger partial charge in [0.2, 0.25) is 0 Å². The van der Waals surface area contributed by atoms with Gasteiger partial charge in [0, 0.05) is 0 Å². The van der Waals surface area contributed by atoms with Gasteiger partial charge in [0.05, 0.1) is 17.1 Å². The smallest absolute Gasteiger partial charge is 0.137 e. The van der Waals surface area contributed by atoms with Crippen LogP contribution in [0.3, 0.4) is 0 Å². The van der Waals surface area contributed by atoms with E-state index in [4.69, 9.17) is 0 Å². The van der Waals surface area contributed by atoms with Gasteiger partial charge in [-0.2, -0.15) is 0 Å². The Morgan fingerprint density at radius 2 is 2.12 bits per heavy atom. The van der Waals surface area contributed by atoms with Gasteiger partial charge < -0.3 is 10.4 Å². The van der Waals surface area contributed by atoms with Gasteiger partial charge in [-0.15, -0.1) is 0 Å². The van der Waals surface area contributed by atoms with Gasteiger partial charge in [-0.3, -0.25) is 0 Å². The Morgan fingerprint density at radius 1 is 1.44 bits per heavy atom. The number of hydrogen-bond acceptors (Lipinski definition) is 2. The number of hydrogen-bond donors (Lipinski definition) is 2. The summed E-state index contributed by atoms with van der Waals surface area (Å²) in [5.74, 6) is 0.224. The molecule has 0 aliphatic carbocycles. The van der Waals surface area contributed by atoms with Gasteiger partial charge in [-0.25, -0.2) is 4.39 Å². The quantitative estimate of drug-likeness (QED) is 0.874. The zero-order valence-corrected chi connectivity index (χ0v) is 11.1. The van der Waals surface area contributed by atoms with Crippen LogP contribution in [0.15, 0.2) is 22.7 Å². The first-order valence-electron chi connectivity index (χ1n) is 5.33. The molecule has 90 valence electrons. The molecule has 0 saturated heterocycles. The maximum atomic E-state index is 13.1. The number of halogens is 2. The molecule has 1 aromatic carbocycles. The van der Waals surface area contributed by atoms with Crippen LogP contribution >= 0.6 is 15.9 Å². The van der Waals surface area contributed by atoms with Crippen molar-refractivity contribution in [1.29, 1.82) is 0 Å². The summed E-state index contributed by atoms with van der Waals surface area (Å²) in [5.41, 5.74) is 0.886. The third-order valence-corrected chi connectivity index (χ3v) is 2.91. The van der Waals surface area contributed by atoms with Crippen molar-refractivity contribution in [2.24, 2.45) is 5.92 Å².